The molecule has 1 aromatic rings. The van der Waals surface area contributed by atoms with Crippen LogP contribution in [0.25, 0.3) is 0 Å². The molecule has 1 atom stereocenters. The number of thiophene rings is 1. The molecule has 0 radical (unpaired) electrons. The largest absolute Gasteiger partial charge is 0.381 e. The van der Waals surface area contributed by atoms with Crippen LogP contribution in [0.2, 0.25) is 0 Å². The monoisotopic (exact) mass is 376 g/mol. The van der Waals surface area contributed by atoms with Crippen molar-refractivity contribution in [2.45, 2.75) is 51.5 Å². The Morgan fingerprint density at radius 2 is 2.12 bits per heavy atom. The van der Waals surface area contributed by atoms with E-state index in [0.717, 1.165) is 63.8 Å². The number of amides is 2. The normalized spacial score (nSPS) is 27.5. The van der Waals surface area contributed by atoms with Gasteiger partial charge in [-0.25, -0.2) is 0 Å². The minimum Gasteiger partial charge on any atom is -0.381 e. The highest BCUT2D eigenvalue weighted by atomic mass is 32.1. The van der Waals surface area contributed by atoms with Gasteiger partial charge in [0.05, 0.1) is 11.0 Å². The number of ether oxygens (including phenoxy) is 1. The lowest BCUT2D eigenvalue weighted by Crippen LogP contribution is -2.55. The Bertz CT molecular complexity index is 682. The van der Waals surface area contributed by atoms with E-state index in [9.17, 15) is 9.59 Å². The van der Waals surface area contributed by atoms with Crippen molar-refractivity contribution >= 4 is 23.2 Å². The fourth-order valence-corrected chi connectivity index (χ4v) is 5.54. The number of carbonyl (C=O) groups excluding carboxylic acids is 2. The molecule has 6 heteroatoms. The lowest BCUT2D eigenvalue weighted by Gasteiger charge is -2.44. The maximum atomic E-state index is 13.4. The van der Waals surface area contributed by atoms with Gasteiger partial charge in [-0.2, -0.15) is 0 Å². The third kappa shape index (κ3) is 3.18. The molecule has 1 spiro atoms. The van der Waals surface area contributed by atoms with E-state index in [2.05, 4.69) is 11.8 Å². The second-order valence-electron chi connectivity index (χ2n) is 7.86. The van der Waals surface area contributed by atoms with E-state index >= 15 is 0 Å². The molecular weight excluding hydrogens is 348 g/mol. The Morgan fingerprint density at radius 1 is 1.31 bits per heavy atom. The van der Waals surface area contributed by atoms with Gasteiger partial charge in [-0.3, -0.25) is 9.59 Å². The van der Waals surface area contributed by atoms with Crippen molar-refractivity contribution in [3.8, 4) is 0 Å². The third-order valence-electron chi connectivity index (χ3n) is 6.29. The van der Waals surface area contributed by atoms with Crippen LogP contribution < -0.4 is 0 Å². The predicted octanol–water partition coefficient (Wildman–Crippen LogP) is 2.94. The average Bonchev–Trinajstić information content (AvgIpc) is 3.32. The molecule has 0 unspecified atom stereocenters. The summed E-state index contributed by atoms with van der Waals surface area (Å²) in [7, 11) is 0. The fourth-order valence-electron chi connectivity index (χ4n) is 4.73. The molecule has 3 aliphatic rings. The molecule has 4 rings (SSSR count). The number of hydrogen-bond donors (Lipinski definition) is 0. The number of aryl methyl sites for hydroxylation is 1. The first kappa shape index (κ1) is 18.0. The molecular formula is C20H28N2O3S. The summed E-state index contributed by atoms with van der Waals surface area (Å²) >= 11 is 1.65. The van der Waals surface area contributed by atoms with Gasteiger partial charge in [-0.15, -0.1) is 11.3 Å². The van der Waals surface area contributed by atoms with Crippen LogP contribution in [0.1, 0.15) is 54.3 Å². The minimum atomic E-state index is -0.351. The van der Waals surface area contributed by atoms with Crippen LogP contribution in [0.5, 0.6) is 0 Å². The number of likely N-dealkylation sites (tertiary alicyclic amines) is 2. The average molecular weight is 377 g/mol. The Kier molecular flexibility index (Phi) is 5.06. The van der Waals surface area contributed by atoms with Crippen LogP contribution >= 0.6 is 11.3 Å². The molecule has 0 saturated carbocycles. The quantitative estimate of drug-likeness (QED) is 0.815. The number of piperidine rings is 1. The summed E-state index contributed by atoms with van der Waals surface area (Å²) in [5, 5.41) is 1.96. The zero-order chi connectivity index (χ0) is 18.1. The van der Waals surface area contributed by atoms with Gasteiger partial charge in [0, 0.05) is 49.1 Å². The van der Waals surface area contributed by atoms with E-state index < -0.39 is 0 Å². The van der Waals surface area contributed by atoms with Crippen LogP contribution in [0.4, 0.5) is 0 Å². The first-order valence-corrected chi connectivity index (χ1v) is 10.8. The number of hydrogen-bond acceptors (Lipinski definition) is 4. The first-order chi connectivity index (χ1) is 12.6. The molecule has 26 heavy (non-hydrogen) atoms. The Labute approximate surface area is 159 Å². The lowest BCUT2D eigenvalue weighted by molar-refractivity contribution is -0.150. The summed E-state index contributed by atoms with van der Waals surface area (Å²) in [6.07, 6.45) is 5.61. The molecule has 0 aliphatic carbocycles. The molecule has 3 aliphatic heterocycles. The molecule has 5 nitrogen and oxygen atoms in total. The fraction of sp³-hybridized carbons (Fsp3) is 0.700. The van der Waals surface area contributed by atoms with Gasteiger partial charge in [0.25, 0.3) is 5.91 Å². The molecule has 1 aromatic heterocycles. The van der Waals surface area contributed by atoms with Crippen LogP contribution in [0.3, 0.4) is 0 Å². The second-order valence-corrected chi connectivity index (χ2v) is 8.85. The van der Waals surface area contributed by atoms with Crippen molar-refractivity contribution in [1.29, 1.82) is 0 Å². The van der Waals surface area contributed by atoms with Gasteiger partial charge in [0.1, 0.15) is 0 Å². The van der Waals surface area contributed by atoms with Crippen molar-refractivity contribution in [3.05, 3.63) is 21.9 Å². The summed E-state index contributed by atoms with van der Waals surface area (Å²) in [4.78, 5) is 31.5. The summed E-state index contributed by atoms with van der Waals surface area (Å²) < 4.78 is 5.46. The zero-order valence-corrected chi connectivity index (χ0v) is 16.4. The van der Waals surface area contributed by atoms with Gasteiger partial charge >= 0.3 is 0 Å². The predicted molar refractivity (Wildman–Crippen MR) is 101 cm³/mol. The molecule has 4 heterocycles. The van der Waals surface area contributed by atoms with Gasteiger partial charge in [-0.05, 0) is 44.6 Å². The van der Waals surface area contributed by atoms with Crippen LogP contribution in [0, 0.1) is 5.41 Å². The van der Waals surface area contributed by atoms with Crippen LogP contribution in [-0.4, -0.2) is 60.5 Å². The van der Waals surface area contributed by atoms with E-state index in [-0.39, 0.29) is 17.2 Å². The number of rotatable bonds is 3. The Balaban J connectivity index is 1.47. The minimum absolute atomic E-state index is 0.0915. The van der Waals surface area contributed by atoms with Gasteiger partial charge < -0.3 is 14.5 Å². The van der Waals surface area contributed by atoms with Crippen molar-refractivity contribution in [2.24, 2.45) is 5.41 Å². The highest BCUT2D eigenvalue weighted by molar-refractivity contribution is 7.10. The van der Waals surface area contributed by atoms with Crippen molar-refractivity contribution in [2.75, 3.05) is 32.8 Å². The summed E-state index contributed by atoms with van der Waals surface area (Å²) in [5.41, 5.74) is 0.434. The van der Waals surface area contributed by atoms with E-state index in [1.807, 2.05) is 16.3 Å². The molecule has 0 bridgehead atoms. The van der Waals surface area contributed by atoms with E-state index in [0.29, 0.717) is 19.1 Å². The van der Waals surface area contributed by atoms with E-state index in [4.69, 9.17) is 4.74 Å². The summed E-state index contributed by atoms with van der Waals surface area (Å²) in [5.74, 6) is 0.374. The van der Waals surface area contributed by atoms with Crippen molar-refractivity contribution in [1.82, 2.24) is 9.80 Å². The molecule has 0 N–H and O–H groups in total. The molecule has 3 fully saturated rings. The second kappa shape index (κ2) is 7.31. The maximum Gasteiger partial charge on any atom is 0.254 e. The third-order valence-corrected chi connectivity index (χ3v) is 7.37. The molecule has 142 valence electrons. The Hall–Kier alpha value is -1.40. The summed E-state index contributed by atoms with van der Waals surface area (Å²) in [6.45, 7) is 5.76. The molecule has 2 amide bonds. The summed E-state index contributed by atoms with van der Waals surface area (Å²) in [6, 6.07) is 2.33. The molecule has 3 saturated heterocycles. The topological polar surface area (TPSA) is 49.9 Å². The number of carbonyl (C=O) groups is 2. The Morgan fingerprint density at radius 3 is 2.85 bits per heavy atom. The zero-order valence-electron chi connectivity index (χ0n) is 15.5. The number of nitrogens with zero attached hydrogens (tertiary/aromatic N) is 2. The van der Waals surface area contributed by atoms with Gasteiger partial charge in [-0.1, -0.05) is 6.92 Å². The van der Waals surface area contributed by atoms with Crippen LogP contribution in [-0.2, 0) is 16.0 Å². The lowest BCUT2D eigenvalue weighted by atomic mass is 9.77. The van der Waals surface area contributed by atoms with E-state index in [1.54, 1.807) is 11.3 Å². The van der Waals surface area contributed by atoms with Gasteiger partial charge in [0.2, 0.25) is 5.91 Å². The first-order valence-electron chi connectivity index (χ1n) is 9.88. The van der Waals surface area contributed by atoms with Crippen LogP contribution in [0.15, 0.2) is 11.4 Å². The molecule has 0 aromatic carbocycles. The highest BCUT2D eigenvalue weighted by Crippen LogP contribution is 2.42. The van der Waals surface area contributed by atoms with Crippen molar-refractivity contribution in [3.63, 3.8) is 0 Å². The standard InChI is InChI=1S/C20H28N2O3S/c1-2-17-12-15(13-26-17)18(23)21-9-7-20(14-21)6-3-8-22(19(20)24)16-4-10-25-11-5-16/h12-13,16H,2-11,14H2,1H3/t20-/m0/s1. The van der Waals surface area contributed by atoms with E-state index in [1.165, 1.54) is 4.88 Å². The van der Waals surface area contributed by atoms with Crippen molar-refractivity contribution < 1.29 is 14.3 Å². The smallest absolute Gasteiger partial charge is 0.254 e. The van der Waals surface area contributed by atoms with Gasteiger partial charge in [0.15, 0.2) is 0 Å². The highest BCUT2D eigenvalue weighted by Gasteiger charge is 2.50. The SMILES string of the molecule is CCc1cc(C(=O)N2CC[C@@]3(CCCN(C4CCOCC4)C3=O)C2)cs1. The maximum absolute atomic E-state index is 13.4.